The molecule has 0 saturated heterocycles. The Hall–Kier alpha value is -1.60. The molecular formula is C14H21N3O. The molecule has 0 bridgehead atoms. The van der Waals surface area contributed by atoms with Crippen LogP contribution in [-0.2, 0) is 0 Å². The predicted octanol–water partition coefficient (Wildman–Crippen LogP) is 2.47. The molecule has 4 heteroatoms. The first-order valence-corrected chi connectivity index (χ1v) is 6.32. The number of hydrogen-bond acceptors (Lipinski definition) is 4. The molecule has 1 aromatic heterocycles. The molecule has 0 aromatic carbocycles. The van der Waals surface area contributed by atoms with E-state index < -0.39 is 0 Å². The molecular weight excluding hydrogens is 226 g/mol. The Bertz CT molecular complexity index is 425. The molecule has 0 radical (unpaired) electrons. The predicted molar refractivity (Wildman–Crippen MR) is 72.3 cm³/mol. The van der Waals surface area contributed by atoms with Gasteiger partial charge in [0.1, 0.15) is 5.82 Å². The molecule has 0 atom stereocenters. The van der Waals surface area contributed by atoms with Gasteiger partial charge in [0, 0.05) is 17.7 Å². The maximum Gasteiger partial charge on any atom is 0.127 e. The zero-order valence-corrected chi connectivity index (χ0v) is 11.3. The standard InChI is InChI=1S/C14H21N3O/c1-4-14(5-2,10-18)9-16-13-7-12(8-15)6-11(3)17-13/h6-7,18H,4-5,9-10H2,1-3H3,(H,16,17). The summed E-state index contributed by atoms with van der Waals surface area (Å²) in [4.78, 5) is 4.34. The number of pyridine rings is 1. The molecule has 0 aliphatic heterocycles. The van der Waals surface area contributed by atoms with Crippen molar-refractivity contribution in [3.63, 3.8) is 0 Å². The third kappa shape index (κ3) is 3.44. The van der Waals surface area contributed by atoms with Crippen LogP contribution in [0.1, 0.15) is 37.9 Å². The van der Waals surface area contributed by atoms with Crippen LogP contribution in [0.3, 0.4) is 0 Å². The second-order valence-corrected chi connectivity index (χ2v) is 4.71. The molecule has 0 fully saturated rings. The molecule has 1 aromatic rings. The lowest BCUT2D eigenvalue weighted by Gasteiger charge is -2.29. The van der Waals surface area contributed by atoms with Crippen molar-refractivity contribution in [1.82, 2.24) is 4.98 Å². The van der Waals surface area contributed by atoms with E-state index in [4.69, 9.17) is 5.26 Å². The molecule has 18 heavy (non-hydrogen) atoms. The van der Waals surface area contributed by atoms with Gasteiger partial charge in [-0.3, -0.25) is 0 Å². The summed E-state index contributed by atoms with van der Waals surface area (Å²) in [7, 11) is 0. The van der Waals surface area contributed by atoms with Gasteiger partial charge in [0.05, 0.1) is 18.2 Å². The molecule has 2 N–H and O–H groups in total. The third-order valence-electron chi connectivity index (χ3n) is 3.56. The molecule has 4 nitrogen and oxygen atoms in total. The number of nitrogens with zero attached hydrogens (tertiary/aromatic N) is 2. The summed E-state index contributed by atoms with van der Waals surface area (Å²) in [5.74, 6) is 0.700. The van der Waals surface area contributed by atoms with Gasteiger partial charge in [-0.1, -0.05) is 13.8 Å². The van der Waals surface area contributed by atoms with E-state index in [0.717, 1.165) is 18.5 Å². The highest BCUT2D eigenvalue weighted by Crippen LogP contribution is 2.26. The summed E-state index contributed by atoms with van der Waals surface area (Å²) in [5, 5.41) is 21.6. The van der Waals surface area contributed by atoms with Crippen LogP contribution in [0.2, 0.25) is 0 Å². The van der Waals surface area contributed by atoms with Gasteiger partial charge in [0.15, 0.2) is 0 Å². The fraction of sp³-hybridized carbons (Fsp3) is 0.571. The van der Waals surface area contributed by atoms with Crippen LogP contribution in [-0.4, -0.2) is 23.2 Å². The molecule has 0 amide bonds. The van der Waals surface area contributed by atoms with Gasteiger partial charge in [0.25, 0.3) is 0 Å². The van der Waals surface area contributed by atoms with Crippen LogP contribution < -0.4 is 5.32 Å². The number of rotatable bonds is 6. The Balaban J connectivity index is 2.80. The van der Waals surface area contributed by atoms with Crippen LogP contribution in [0.5, 0.6) is 0 Å². The number of aliphatic hydroxyl groups is 1. The Morgan fingerprint density at radius 3 is 2.56 bits per heavy atom. The zero-order valence-electron chi connectivity index (χ0n) is 11.3. The lowest BCUT2D eigenvalue weighted by molar-refractivity contribution is 0.127. The largest absolute Gasteiger partial charge is 0.396 e. The number of anilines is 1. The maximum atomic E-state index is 9.50. The average Bonchev–Trinajstić information content (AvgIpc) is 2.40. The van der Waals surface area contributed by atoms with Crippen LogP contribution >= 0.6 is 0 Å². The lowest BCUT2D eigenvalue weighted by Crippen LogP contribution is -2.32. The van der Waals surface area contributed by atoms with Crippen LogP contribution in [0.4, 0.5) is 5.82 Å². The van der Waals surface area contributed by atoms with Crippen molar-refractivity contribution in [3.8, 4) is 6.07 Å². The van der Waals surface area contributed by atoms with E-state index in [2.05, 4.69) is 30.2 Å². The summed E-state index contributed by atoms with van der Waals surface area (Å²) in [6, 6.07) is 5.61. The number of nitriles is 1. The molecule has 1 rings (SSSR count). The molecule has 0 unspecified atom stereocenters. The topological polar surface area (TPSA) is 68.9 Å². The quantitative estimate of drug-likeness (QED) is 0.810. The maximum absolute atomic E-state index is 9.50. The van der Waals surface area contributed by atoms with Crippen molar-refractivity contribution in [2.75, 3.05) is 18.5 Å². The van der Waals surface area contributed by atoms with Gasteiger partial charge in [-0.15, -0.1) is 0 Å². The van der Waals surface area contributed by atoms with E-state index in [0.29, 0.717) is 17.9 Å². The first-order chi connectivity index (χ1) is 8.59. The molecule has 0 saturated carbocycles. The normalized spacial score (nSPS) is 11.1. The van der Waals surface area contributed by atoms with Crippen LogP contribution in [0.25, 0.3) is 0 Å². The van der Waals surface area contributed by atoms with Crippen molar-refractivity contribution in [1.29, 1.82) is 5.26 Å². The summed E-state index contributed by atoms with van der Waals surface area (Å²) in [5.41, 5.74) is 1.31. The second-order valence-electron chi connectivity index (χ2n) is 4.71. The van der Waals surface area contributed by atoms with E-state index in [1.165, 1.54) is 0 Å². The van der Waals surface area contributed by atoms with E-state index in [1.807, 2.05) is 6.92 Å². The highest BCUT2D eigenvalue weighted by Gasteiger charge is 2.25. The highest BCUT2D eigenvalue weighted by atomic mass is 16.3. The molecule has 1 heterocycles. The first kappa shape index (κ1) is 14.5. The Morgan fingerprint density at radius 2 is 2.06 bits per heavy atom. The first-order valence-electron chi connectivity index (χ1n) is 6.32. The van der Waals surface area contributed by atoms with Crippen molar-refractivity contribution in [3.05, 3.63) is 23.4 Å². The van der Waals surface area contributed by atoms with Crippen LogP contribution in [0.15, 0.2) is 12.1 Å². The molecule has 0 aliphatic rings. The Labute approximate surface area is 109 Å². The summed E-state index contributed by atoms with van der Waals surface area (Å²) in [6.45, 7) is 6.84. The summed E-state index contributed by atoms with van der Waals surface area (Å²) in [6.07, 6.45) is 1.81. The van der Waals surface area contributed by atoms with Crippen molar-refractivity contribution < 1.29 is 5.11 Å². The average molecular weight is 247 g/mol. The molecule has 98 valence electrons. The van der Waals surface area contributed by atoms with Crippen molar-refractivity contribution in [2.24, 2.45) is 5.41 Å². The van der Waals surface area contributed by atoms with Gasteiger partial charge in [-0.05, 0) is 31.9 Å². The zero-order chi connectivity index (χ0) is 13.6. The summed E-state index contributed by atoms with van der Waals surface area (Å²) >= 11 is 0. The second kappa shape index (κ2) is 6.36. The van der Waals surface area contributed by atoms with Gasteiger partial charge < -0.3 is 10.4 Å². The highest BCUT2D eigenvalue weighted by molar-refractivity contribution is 5.44. The van der Waals surface area contributed by atoms with Crippen LogP contribution in [0, 0.1) is 23.7 Å². The number of aromatic nitrogens is 1. The number of hydrogen-bond donors (Lipinski definition) is 2. The monoisotopic (exact) mass is 247 g/mol. The van der Waals surface area contributed by atoms with E-state index in [9.17, 15) is 5.11 Å². The number of nitrogens with one attached hydrogen (secondary N) is 1. The van der Waals surface area contributed by atoms with Gasteiger partial charge in [0.2, 0.25) is 0 Å². The van der Waals surface area contributed by atoms with Gasteiger partial charge in [-0.25, -0.2) is 4.98 Å². The third-order valence-corrected chi connectivity index (χ3v) is 3.56. The number of aryl methyl sites for hydroxylation is 1. The minimum absolute atomic E-state index is 0.113. The van der Waals surface area contributed by atoms with Gasteiger partial charge >= 0.3 is 0 Å². The fourth-order valence-electron chi connectivity index (χ4n) is 1.88. The molecule has 0 aliphatic carbocycles. The van der Waals surface area contributed by atoms with E-state index in [1.54, 1.807) is 12.1 Å². The van der Waals surface area contributed by atoms with Crippen molar-refractivity contribution >= 4 is 5.82 Å². The smallest absolute Gasteiger partial charge is 0.127 e. The van der Waals surface area contributed by atoms with Gasteiger partial charge in [-0.2, -0.15) is 5.26 Å². The minimum atomic E-state index is -0.113. The number of aliphatic hydroxyl groups excluding tert-OH is 1. The van der Waals surface area contributed by atoms with Crippen molar-refractivity contribution in [2.45, 2.75) is 33.6 Å². The minimum Gasteiger partial charge on any atom is -0.396 e. The Morgan fingerprint density at radius 1 is 1.39 bits per heavy atom. The Kier molecular flexibility index (Phi) is 5.11. The van der Waals surface area contributed by atoms with E-state index >= 15 is 0 Å². The summed E-state index contributed by atoms with van der Waals surface area (Å²) < 4.78 is 0. The fourth-order valence-corrected chi connectivity index (χ4v) is 1.88. The molecule has 0 spiro atoms. The van der Waals surface area contributed by atoms with E-state index in [-0.39, 0.29) is 12.0 Å². The lowest BCUT2D eigenvalue weighted by atomic mass is 9.83. The SMILES string of the molecule is CCC(CC)(CO)CNc1cc(C#N)cc(C)n1.